The van der Waals surface area contributed by atoms with Gasteiger partial charge in [0.25, 0.3) is 6.29 Å². The number of aldehydes is 1. The van der Waals surface area contributed by atoms with Gasteiger partial charge in [-0.1, -0.05) is 12.1 Å². The van der Waals surface area contributed by atoms with E-state index in [9.17, 15) is 14.4 Å². The first-order chi connectivity index (χ1) is 15.6. The Morgan fingerprint density at radius 3 is 2.78 bits per heavy atom. The van der Waals surface area contributed by atoms with Crippen molar-refractivity contribution in [3.05, 3.63) is 41.3 Å². The third-order valence-electron chi connectivity index (χ3n) is 7.09. The maximum Gasteiger partial charge on any atom is 0.251 e. The highest BCUT2D eigenvalue weighted by Gasteiger charge is 2.41. The molecule has 1 aromatic rings. The fraction of sp³-hybridized carbons (Fsp3) is 0.542. The Balaban J connectivity index is 1.25. The van der Waals surface area contributed by atoms with E-state index in [1.165, 1.54) is 16.8 Å². The molecule has 5 rings (SSSR count). The molecule has 8 heteroatoms. The molecule has 1 aromatic carbocycles. The summed E-state index contributed by atoms with van der Waals surface area (Å²) in [5.74, 6) is 0.235. The fourth-order valence-corrected chi connectivity index (χ4v) is 5.29. The SMILES string of the molecule is O=CCCC1CCN(c2cccc3c2CNC3C2=COC(C3CCC(=O)NC3=O)O2)CC1. The molecule has 170 valence electrons. The molecule has 3 unspecified atom stereocenters. The van der Waals surface area contributed by atoms with Gasteiger partial charge >= 0.3 is 0 Å². The zero-order chi connectivity index (χ0) is 22.1. The summed E-state index contributed by atoms with van der Waals surface area (Å²) >= 11 is 0. The van der Waals surface area contributed by atoms with Gasteiger partial charge in [0.2, 0.25) is 11.8 Å². The van der Waals surface area contributed by atoms with Crippen LogP contribution in [0.3, 0.4) is 0 Å². The van der Waals surface area contributed by atoms with Crippen molar-refractivity contribution in [2.24, 2.45) is 11.8 Å². The van der Waals surface area contributed by atoms with Gasteiger partial charge in [-0.15, -0.1) is 0 Å². The highest BCUT2D eigenvalue weighted by molar-refractivity contribution is 5.98. The normalized spacial score (nSPS) is 27.9. The van der Waals surface area contributed by atoms with E-state index in [-0.39, 0.29) is 17.9 Å². The second-order valence-electron chi connectivity index (χ2n) is 9.03. The van der Waals surface area contributed by atoms with Crippen LogP contribution in [0.4, 0.5) is 5.69 Å². The summed E-state index contributed by atoms with van der Waals surface area (Å²) in [5, 5.41) is 5.89. The molecule has 8 nitrogen and oxygen atoms in total. The summed E-state index contributed by atoms with van der Waals surface area (Å²) in [7, 11) is 0. The minimum Gasteiger partial charge on any atom is -0.458 e. The van der Waals surface area contributed by atoms with E-state index in [1.807, 2.05) is 0 Å². The number of carbonyl (C=O) groups is 3. The summed E-state index contributed by atoms with van der Waals surface area (Å²) in [6.07, 6.45) is 6.54. The summed E-state index contributed by atoms with van der Waals surface area (Å²) < 4.78 is 11.7. The lowest BCUT2D eigenvalue weighted by Crippen LogP contribution is -2.45. The minimum atomic E-state index is -0.697. The molecular weight excluding hydrogens is 410 g/mol. The van der Waals surface area contributed by atoms with E-state index < -0.39 is 12.2 Å². The number of nitrogens with one attached hydrogen (secondary N) is 2. The van der Waals surface area contributed by atoms with E-state index in [4.69, 9.17) is 9.47 Å². The van der Waals surface area contributed by atoms with Gasteiger partial charge < -0.3 is 19.2 Å². The number of carbonyl (C=O) groups excluding carboxylic acids is 3. The van der Waals surface area contributed by atoms with E-state index in [0.717, 1.165) is 45.2 Å². The largest absolute Gasteiger partial charge is 0.458 e. The Bertz CT molecular complexity index is 938. The molecule has 4 heterocycles. The molecular formula is C24H29N3O5. The second-order valence-corrected chi connectivity index (χ2v) is 9.03. The Morgan fingerprint density at radius 1 is 1.16 bits per heavy atom. The highest BCUT2D eigenvalue weighted by atomic mass is 16.7. The zero-order valence-corrected chi connectivity index (χ0v) is 18.0. The van der Waals surface area contributed by atoms with Gasteiger partial charge in [0.1, 0.15) is 18.5 Å². The van der Waals surface area contributed by atoms with Gasteiger partial charge in [-0.2, -0.15) is 0 Å². The number of imide groups is 1. The van der Waals surface area contributed by atoms with Gasteiger partial charge in [-0.25, -0.2) is 0 Å². The van der Waals surface area contributed by atoms with Gasteiger partial charge in [-0.05, 0) is 48.8 Å². The predicted octanol–water partition coefficient (Wildman–Crippen LogP) is 2.29. The van der Waals surface area contributed by atoms with E-state index >= 15 is 0 Å². The predicted molar refractivity (Wildman–Crippen MR) is 116 cm³/mol. The number of fused-ring (bicyclic) bond motifs is 1. The standard InChI is InChI=1S/C24H29N3O5/c28-12-2-3-15-8-10-27(11-9-15)19-5-1-4-16-18(19)13-25-22(16)20-14-31-24(32-20)17-6-7-21(29)26-23(17)30/h1,4-5,12,14-15,17,22,24-25H,2-3,6-11,13H2,(H,26,29,30). The first kappa shape index (κ1) is 21.0. The zero-order valence-electron chi connectivity index (χ0n) is 18.0. The van der Waals surface area contributed by atoms with Crippen molar-refractivity contribution in [1.82, 2.24) is 10.6 Å². The van der Waals surface area contributed by atoms with Crippen LogP contribution in [0.15, 0.2) is 30.2 Å². The average molecular weight is 440 g/mol. The van der Waals surface area contributed by atoms with Crippen LogP contribution in [-0.2, 0) is 30.4 Å². The Morgan fingerprint density at radius 2 is 2.00 bits per heavy atom. The molecule has 4 aliphatic rings. The Labute approximate surface area is 187 Å². The summed E-state index contributed by atoms with van der Waals surface area (Å²) in [6.45, 7) is 2.75. The number of anilines is 1. The first-order valence-corrected chi connectivity index (χ1v) is 11.5. The molecule has 3 atom stereocenters. The molecule has 4 aliphatic heterocycles. The molecule has 32 heavy (non-hydrogen) atoms. The third kappa shape index (κ3) is 3.99. The smallest absolute Gasteiger partial charge is 0.251 e. The van der Waals surface area contributed by atoms with Gasteiger partial charge in [-0.3, -0.25) is 20.2 Å². The molecule has 0 bridgehead atoms. The number of hydrogen-bond donors (Lipinski definition) is 2. The molecule has 0 aromatic heterocycles. The molecule has 2 fully saturated rings. The van der Waals surface area contributed by atoms with Crippen LogP contribution in [0.5, 0.6) is 0 Å². The first-order valence-electron chi connectivity index (χ1n) is 11.5. The monoisotopic (exact) mass is 439 g/mol. The van der Waals surface area contributed by atoms with Crippen LogP contribution >= 0.6 is 0 Å². The summed E-state index contributed by atoms with van der Waals surface area (Å²) in [4.78, 5) is 36.7. The number of ether oxygens (including phenoxy) is 2. The quantitative estimate of drug-likeness (QED) is 0.519. The van der Waals surface area contributed by atoms with Crippen molar-refractivity contribution in [3.8, 4) is 0 Å². The molecule has 0 spiro atoms. The van der Waals surface area contributed by atoms with Crippen molar-refractivity contribution in [1.29, 1.82) is 0 Å². The number of rotatable bonds is 6. The lowest BCUT2D eigenvalue weighted by Gasteiger charge is -2.34. The number of amides is 2. The fourth-order valence-electron chi connectivity index (χ4n) is 5.29. The lowest BCUT2D eigenvalue weighted by atomic mass is 9.91. The van der Waals surface area contributed by atoms with Crippen molar-refractivity contribution < 1.29 is 23.9 Å². The maximum atomic E-state index is 12.2. The summed E-state index contributed by atoms with van der Waals surface area (Å²) in [6, 6.07) is 6.26. The number of piperidine rings is 2. The Kier molecular flexibility index (Phi) is 5.87. The van der Waals surface area contributed by atoms with Crippen LogP contribution in [0, 0.1) is 11.8 Å². The van der Waals surface area contributed by atoms with E-state index in [0.29, 0.717) is 30.9 Å². The maximum absolute atomic E-state index is 12.2. The average Bonchev–Trinajstić information content (AvgIpc) is 3.45. The molecule has 0 aliphatic carbocycles. The van der Waals surface area contributed by atoms with Crippen molar-refractivity contribution >= 4 is 23.8 Å². The molecule has 2 saturated heterocycles. The van der Waals surface area contributed by atoms with E-state index in [1.54, 1.807) is 6.26 Å². The van der Waals surface area contributed by atoms with Gasteiger partial charge in [0.15, 0.2) is 5.76 Å². The third-order valence-corrected chi connectivity index (χ3v) is 7.09. The minimum absolute atomic E-state index is 0.117. The van der Waals surface area contributed by atoms with E-state index in [2.05, 4.69) is 33.7 Å². The van der Waals surface area contributed by atoms with Crippen LogP contribution in [0.2, 0.25) is 0 Å². The molecule has 2 amide bonds. The van der Waals surface area contributed by atoms with Crippen molar-refractivity contribution in [2.45, 2.75) is 57.4 Å². The van der Waals surface area contributed by atoms with Crippen LogP contribution in [-0.4, -0.2) is 37.5 Å². The number of benzene rings is 1. The van der Waals surface area contributed by atoms with Crippen molar-refractivity contribution in [2.75, 3.05) is 18.0 Å². The van der Waals surface area contributed by atoms with Gasteiger partial charge in [0.05, 0.1) is 6.04 Å². The molecule has 0 saturated carbocycles. The second kappa shape index (κ2) is 8.94. The topological polar surface area (TPSA) is 97.0 Å². The van der Waals surface area contributed by atoms with Crippen LogP contribution in [0.25, 0.3) is 0 Å². The van der Waals surface area contributed by atoms with Gasteiger partial charge in [0, 0.05) is 38.2 Å². The van der Waals surface area contributed by atoms with Crippen LogP contribution < -0.4 is 15.5 Å². The molecule has 2 N–H and O–H groups in total. The number of nitrogens with zero attached hydrogens (tertiary/aromatic N) is 1. The lowest BCUT2D eigenvalue weighted by molar-refractivity contribution is -0.149. The highest BCUT2D eigenvalue weighted by Crippen LogP contribution is 2.41. The molecule has 0 radical (unpaired) electrons. The van der Waals surface area contributed by atoms with Crippen molar-refractivity contribution in [3.63, 3.8) is 0 Å². The summed E-state index contributed by atoms with van der Waals surface area (Å²) in [5.41, 5.74) is 3.70. The number of hydrogen-bond acceptors (Lipinski definition) is 7. The van der Waals surface area contributed by atoms with Crippen LogP contribution in [0.1, 0.15) is 55.7 Å². The Hall–Kier alpha value is -2.87.